The number of hydrogen-bond acceptors (Lipinski definition) is 6. The molecule has 0 spiro atoms. The standard InChI is InChI=1S/C28H29FN4O5/c1-4-37-25-14-20(10-12-24(25)38-17-28(36)32-23-8-6-5-7-22(23)29)16-30-33-27(35)15-26(34)31-21-11-9-18(2)19(3)13-21/h5-14,16H,4,15,17H2,1-3H3,(H,31,34)(H,32,36)(H,33,35). The molecule has 9 nitrogen and oxygen atoms in total. The van der Waals surface area contributed by atoms with Gasteiger partial charge in [0.05, 0.1) is 18.5 Å². The molecule has 3 amide bonds. The molecule has 0 saturated heterocycles. The quantitative estimate of drug-likeness (QED) is 0.198. The highest BCUT2D eigenvalue weighted by atomic mass is 19.1. The zero-order valence-electron chi connectivity index (χ0n) is 21.3. The van der Waals surface area contributed by atoms with E-state index < -0.39 is 30.0 Å². The topological polar surface area (TPSA) is 118 Å². The maximum Gasteiger partial charge on any atom is 0.262 e. The number of carbonyl (C=O) groups excluding carboxylic acids is 3. The lowest BCUT2D eigenvalue weighted by molar-refractivity contribution is -0.126. The van der Waals surface area contributed by atoms with Crippen LogP contribution in [0.2, 0.25) is 0 Å². The van der Waals surface area contributed by atoms with E-state index in [0.717, 1.165) is 11.1 Å². The summed E-state index contributed by atoms with van der Waals surface area (Å²) in [6.07, 6.45) is 0.993. The molecule has 3 N–H and O–H groups in total. The van der Waals surface area contributed by atoms with E-state index in [1.54, 1.807) is 37.3 Å². The Labute approximate surface area is 220 Å². The van der Waals surface area contributed by atoms with Crippen LogP contribution in [0.5, 0.6) is 11.5 Å². The van der Waals surface area contributed by atoms with Crippen molar-refractivity contribution in [2.24, 2.45) is 5.10 Å². The van der Waals surface area contributed by atoms with Gasteiger partial charge >= 0.3 is 0 Å². The van der Waals surface area contributed by atoms with E-state index >= 15 is 0 Å². The molecule has 0 aliphatic rings. The number of halogens is 1. The number of para-hydroxylation sites is 1. The molecule has 0 aliphatic carbocycles. The zero-order valence-corrected chi connectivity index (χ0v) is 21.3. The Bertz CT molecular complexity index is 1340. The summed E-state index contributed by atoms with van der Waals surface area (Å²) >= 11 is 0. The molecule has 0 unspecified atom stereocenters. The SMILES string of the molecule is CCOc1cc(C=NNC(=O)CC(=O)Nc2ccc(C)c(C)c2)ccc1OCC(=O)Nc1ccccc1F. The van der Waals surface area contributed by atoms with Gasteiger partial charge in [0.25, 0.3) is 5.91 Å². The number of carbonyl (C=O) groups is 3. The van der Waals surface area contributed by atoms with Crippen molar-refractivity contribution in [3.05, 3.63) is 83.2 Å². The molecule has 0 fully saturated rings. The molecule has 3 aromatic carbocycles. The zero-order chi connectivity index (χ0) is 27.5. The molecule has 3 rings (SSSR count). The molecule has 198 valence electrons. The van der Waals surface area contributed by atoms with E-state index in [1.807, 2.05) is 26.0 Å². The van der Waals surface area contributed by atoms with Crippen LogP contribution in [0.15, 0.2) is 65.8 Å². The molecule has 0 aliphatic heterocycles. The molecule has 0 aromatic heterocycles. The Kier molecular flexibility index (Phi) is 9.93. The monoisotopic (exact) mass is 520 g/mol. The Balaban J connectivity index is 1.52. The summed E-state index contributed by atoms with van der Waals surface area (Å²) in [6, 6.07) is 16.2. The maximum absolute atomic E-state index is 13.7. The number of rotatable bonds is 11. The first-order chi connectivity index (χ1) is 18.2. The average molecular weight is 521 g/mol. The van der Waals surface area contributed by atoms with Crippen molar-refractivity contribution in [3.63, 3.8) is 0 Å². The summed E-state index contributed by atoms with van der Waals surface area (Å²) in [4.78, 5) is 36.4. The van der Waals surface area contributed by atoms with Crippen LogP contribution in [-0.2, 0) is 14.4 Å². The minimum absolute atomic E-state index is 0.0578. The number of hydrogen-bond donors (Lipinski definition) is 3. The van der Waals surface area contributed by atoms with Crippen molar-refractivity contribution in [1.82, 2.24) is 5.43 Å². The summed E-state index contributed by atoms with van der Waals surface area (Å²) in [6.45, 7) is 5.68. The van der Waals surface area contributed by atoms with Gasteiger partial charge in [0.15, 0.2) is 18.1 Å². The van der Waals surface area contributed by atoms with Crippen LogP contribution >= 0.6 is 0 Å². The maximum atomic E-state index is 13.7. The highest BCUT2D eigenvalue weighted by Crippen LogP contribution is 2.28. The van der Waals surface area contributed by atoms with Crippen LogP contribution in [0, 0.1) is 19.7 Å². The summed E-state index contributed by atoms with van der Waals surface area (Å²) in [5.41, 5.74) is 5.71. The van der Waals surface area contributed by atoms with Crippen molar-refractivity contribution in [2.45, 2.75) is 27.2 Å². The Hall–Kier alpha value is -4.73. The van der Waals surface area contributed by atoms with E-state index in [0.29, 0.717) is 29.4 Å². The Morgan fingerprint density at radius 1 is 0.868 bits per heavy atom. The second-order valence-electron chi connectivity index (χ2n) is 8.27. The lowest BCUT2D eigenvalue weighted by atomic mass is 10.1. The molecule has 0 radical (unpaired) electrons. The lowest BCUT2D eigenvalue weighted by Gasteiger charge is -2.13. The van der Waals surface area contributed by atoms with Crippen LogP contribution in [0.3, 0.4) is 0 Å². The second kappa shape index (κ2) is 13.5. The number of ether oxygens (including phenoxy) is 2. The Morgan fingerprint density at radius 2 is 1.66 bits per heavy atom. The summed E-state index contributed by atoms with van der Waals surface area (Å²) in [7, 11) is 0. The molecule has 0 saturated carbocycles. The number of amides is 3. The van der Waals surface area contributed by atoms with Gasteiger partial charge in [-0.3, -0.25) is 14.4 Å². The number of hydrazone groups is 1. The first kappa shape index (κ1) is 27.9. The molecule has 3 aromatic rings. The third kappa shape index (κ3) is 8.44. The van der Waals surface area contributed by atoms with Gasteiger partial charge in [0, 0.05) is 5.69 Å². The van der Waals surface area contributed by atoms with Gasteiger partial charge < -0.3 is 20.1 Å². The number of aryl methyl sites for hydroxylation is 2. The highest BCUT2D eigenvalue weighted by Gasteiger charge is 2.12. The van der Waals surface area contributed by atoms with Gasteiger partial charge in [0.1, 0.15) is 12.2 Å². The fourth-order valence-corrected chi connectivity index (χ4v) is 3.27. The van der Waals surface area contributed by atoms with Crippen molar-refractivity contribution >= 4 is 35.3 Å². The van der Waals surface area contributed by atoms with E-state index in [-0.39, 0.29) is 12.3 Å². The molecular weight excluding hydrogens is 491 g/mol. The second-order valence-corrected chi connectivity index (χ2v) is 8.27. The predicted molar refractivity (Wildman–Crippen MR) is 143 cm³/mol. The van der Waals surface area contributed by atoms with Crippen LogP contribution in [0.1, 0.15) is 30.0 Å². The largest absolute Gasteiger partial charge is 0.490 e. The lowest BCUT2D eigenvalue weighted by Crippen LogP contribution is -2.24. The van der Waals surface area contributed by atoms with Gasteiger partial charge in [-0.25, -0.2) is 9.82 Å². The summed E-state index contributed by atoms with van der Waals surface area (Å²) in [5.74, 6) is -1.46. The van der Waals surface area contributed by atoms with Crippen molar-refractivity contribution < 1.29 is 28.2 Å². The van der Waals surface area contributed by atoms with Crippen LogP contribution < -0.4 is 25.5 Å². The average Bonchev–Trinajstić information content (AvgIpc) is 2.87. The number of nitrogens with one attached hydrogen (secondary N) is 3. The minimum atomic E-state index is -0.576. The van der Waals surface area contributed by atoms with Gasteiger partial charge in [-0.05, 0) is 79.9 Å². The van der Waals surface area contributed by atoms with Crippen molar-refractivity contribution in [1.29, 1.82) is 0 Å². The smallest absolute Gasteiger partial charge is 0.262 e. The molecule has 0 atom stereocenters. The molecule has 0 bridgehead atoms. The minimum Gasteiger partial charge on any atom is -0.490 e. The number of anilines is 2. The predicted octanol–water partition coefficient (Wildman–Crippen LogP) is 4.34. The van der Waals surface area contributed by atoms with Crippen LogP contribution in [0.25, 0.3) is 0 Å². The number of nitrogens with zero attached hydrogens (tertiary/aromatic N) is 1. The highest BCUT2D eigenvalue weighted by molar-refractivity contribution is 6.03. The van der Waals surface area contributed by atoms with E-state index in [9.17, 15) is 18.8 Å². The van der Waals surface area contributed by atoms with Gasteiger partial charge in [0.2, 0.25) is 11.8 Å². The fraction of sp³-hybridized carbons (Fsp3) is 0.214. The van der Waals surface area contributed by atoms with E-state index in [1.165, 1.54) is 24.4 Å². The first-order valence-electron chi connectivity index (χ1n) is 11.9. The summed E-state index contributed by atoms with van der Waals surface area (Å²) in [5, 5.41) is 9.01. The van der Waals surface area contributed by atoms with Crippen molar-refractivity contribution in [3.8, 4) is 11.5 Å². The molecule has 10 heteroatoms. The molecule has 0 heterocycles. The van der Waals surface area contributed by atoms with Gasteiger partial charge in [-0.15, -0.1) is 0 Å². The molecule has 38 heavy (non-hydrogen) atoms. The van der Waals surface area contributed by atoms with Gasteiger partial charge in [-0.2, -0.15) is 5.10 Å². The van der Waals surface area contributed by atoms with E-state index in [2.05, 4.69) is 21.2 Å². The van der Waals surface area contributed by atoms with Crippen LogP contribution in [-0.4, -0.2) is 37.1 Å². The number of benzene rings is 3. The third-order valence-corrected chi connectivity index (χ3v) is 5.29. The third-order valence-electron chi connectivity index (χ3n) is 5.29. The first-order valence-corrected chi connectivity index (χ1v) is 11.9. The summed E-state index contributed by atoms with van der Waals surface area (Å²) < 4.78 is 24.8. The normalized spacial score (nSPS) is 10.6. The van der Waals surface area contributed by atoms with Crippen molar-refractivity contribution in [2.75, 3.05) is 23.8 Å². The van der Waals surface area contributed by atoms with E-state index in [4.69, 9.17) is 9.47 Å². The van der Waals surface area contributed by atoms with Gasteiger partial charge in [-0.1, -0.05) is 18.2 Å². The molecular formula is C28H29FN4O5. The van der Waals surface area contributed by atoms with Crippen LogP contribution in [0.4, 0.5) is 15.8 Å². The fourth-order valence-electron chi connectivity index (χ4n) is 3.27. The Morgan fingerprint density at radius 3 is 2.39 bits per heavy atom.